The third-order valence-corrected chi connectivity index (χ3v) is 4.11. The lowest BCUT2D eigenvalue weighted by molar-refractivity contribution is -0.128. The van der Waals surface area contributed by atoms with Crippen molar-refractivity contribution in [2.45, 2.75) is 6.42 Å². The van der Waals surface area contributed by atoms with E-state index in [1.165, 1.54) is 11.3 Å². The largest absolute Gasteiger partial charge is 0.482 e. The maximum absolute atomic E-state index is 11.7. The predicted molar refractivity (Wildman–Crippen MR) is 84.1 cm³/mol. The molecule has 0 saturated carbocycles. The number of rotatable bonds is 3. The van der Waals surface area contributed by atoms with Crippen molar-refractivity contribution in [2.75, 3.05) is 26.0 Å². The number of thiazole rings is 1. The molecular formula is C15H15N3O3S. The van der Waals surface area contributed by atoms with Crippen LogP contribution in [-0.2, 0) is 16.0 Å². The summed E-state index contributed by atoms with van der Waals surface area (Å²) in [6.45, 7) is 0.0415. The van der Waals surface area contributed by atoms with Crippen LogP contribution in [0.2, 0.25) is 0 Å². The summed E-state index contributed by atoms with van der Waals surface area (Å²) in [4.78, 5) is 29.1. The third-order valence-electron chi connectivity index (χ3n) is 3.26. The molecule has 1 aromatic carbocycles. The van der Waals surface area contributed by atoms with E-state index < -0.39 is 0 Å². The first-order valence-corrected chi connectivity index (χ1v) is 7.62. The minimum absolute atomic E-state index is 0.0204. The highest BCUT2D eigenvalue weighted by Crippen LogP contribution is 2.33. The summed E-state index contributed by atoms with van der Waals surface area (Å²) in [6.07, 6.45) is 0.294. The average molecular weight is 317 g/mol. The number of amides is 2. The summed E-state index contributed by atoms with van der Waals surface area (Å²) in [5.74, 6) is 0.508. The summed E-state index contributed by atoms with van der Waals surface area (Å²) < 4.78 is 5.33. The fraction of sp³-hybridized carbons (Fsp3) is 0.267. The van der Waals surface area contributed by atoms with Gasteiger partial charge in [0, 0.05) is 25.0 Å². The number of fused-ring (bicyclic) bond motifs is 1. The van der Waals surface area contributed by atoms with Gasteiger partial charge in [0.1, 0.15) is 10.8 Å². The Kier molecular flexibility index (Phi) is 3.81. The highest BCUT2D eigenvalue weighted by molar-refractivity contribution is 7.10. The Balaban J connectivity index is 1.83. The molecule has 1 aromatic heterocycles. The standard InChI is InChI=1S/C15H15N3O3S/c1-18(2)15(20)6-14-17-11(8-22-14)9-3-4-12-10(5-9)16-13(19)7-21-12/h3-5,8H,6-7H2,1-2H3,(H,16,19). The first-order valence-electron chi connectivity index (χ1n) is 6.74. The summed E-state index contributed by atoms with van der Waals surface area (Å²) in [5.41, 5.74) is 2.31. The van der Waals surface area contributed by atoms with E-state index in [4.69, 9.17) is 4.74 Å². The van der Waals surface area contributed by atoms with E-state index in [2.05, 4.69) is 10.3 Å². The van der Waals surface area contributed by atoms with Gasteiger partial charge in [0.2, 0.25) is 5.91 Å². The Hall–Kier alpha value is -2.41. The number of benzene rings is 1. The highest BCUT2D eigenvalue weighted by atomic mass is 32.1. The molecule has 0 bridgehead atoms. The molecule has 0 fully saturated rings. The smallest absolute Gasteiger partial charge is 0.262 e. The van der Waals surface area contributed by atoms with Crippen LogP contribution in [-0.4, -0.2) is 42.4 Å². The maximum Gasteiger partial charge on any atom is 0.262 e. The average Bonchev–Trinajstić information content (AvgIpc) is 2.94. The summed E-state index contributed by atoms with van der Waals surface area (Å²) in [5, 5.41) is 5.45. The van der Waals surface area contributed by atoms with E-state index in [0.29, 0.717) is 17.9 Å². The molecule has 6 nitrogen and oxygen atoms in total. The number of nitrogens with one attached hydrogen (secondary N) is 1. The van der Waals surface area contributed by atoms with Crippen molar-refractivity contribution in [3.8, 4) is 17.0 Å². The summed E-state index contributed by atoms with van der Waals surface area (Å²) in [6, 6.07) is 5.54. The predicted octanol–water partition coefficient (Wildman–Crippen LogP) is 1.77. The van der Waals surface area contributed by atoms with Gasteiger partial charge in [0.15, 0.2) is 6.61 Å². The Morgan fingerprint density at radius 1 is 1.45 bits per heavy atom. The van der Waals surface area contributed by atoms with Crippen LogP contribution >= 0.6 is 11.3 Å². The van der Waals surface area contributed by atoms with Gasteiger partial charge in [-0.05, 0) is 18.2 Å². The molecule has 2 amide bonds. The lowest BCUT2D eigenvalue weighted by Crippen LogP contribution is -2.25. The number of carbonyl (C=O) groups is 2. The second-order valence-electron chi connectivity index (χ2n) is 5.14. The molecule has 2 aromatic rings. The monoisotopic (exact) mass is 317 g/mol. The number of anilines is 1. The second kappa shape index (κ2) is 5.76. The van der Waals surface area contributed by atoms with Gasteiger partial charge in [-0.3, -0.25) is 9.59 Å². The SMILES string of the molecule is CN(C)C(=O)Cc1nc(-c2ccc3c(c2)NC(=O)CO3)cs1. The van der Waals surface area contributed by atoms with Gasteiger partial charge in [0.05, 0.1) is 17.8 Å². The zero-order chi connectivity index (χ0) is 15.7. The molecule has 0 radical (unpaired) electrons. The molecular weight excluding hydrogens is 302 g/mol. The fourth-order valence-corrected chi connectivity index (χ4v) is 2.85. The molecule has 0 saturated heterocycles. The summed E-state index contributed by atoms with van der Waals surface area (Å²) >= 11 is 1.45. The lowest BCUT2D eigenvalue weighted by Gasteiger charge is -2.18. The zero-order valence-electron chi connectivity index (χ0n) is 12.3. The van der Waals surface area contributed by atoms with E-state index in [1.54, 1.807) is 19.0 Å². The second-order valence-corrected chi connectivity index (χ2v) is 6.08. The van der Waals surface area contributed by atoms with Crippen molar-refractivity contribution in [2.24, 2.45) is 0 Å². The van der Waals surface area contributed by atoms with E-state index in [0.717, 1.165) is 16.3 Å². The molecule has 1 N–H and O–H groups in total. The number of likely N-dealkylation sites (N-methyl/N-ethyl adjacent to an activating group) is 1. The van der Waals surface area contributed by atoms with E-state index in [1.807, 2.05) is 23.6 Å². The van der Waals surface area contributed by atoms with Crippen LogP contribution in [0.4, 0.5) is 5.69 Å². The van der Waals surface area contributed by atoms with Crippen LogP contribution in [0.3, 0.4) is 0 Å². The summed E-state index contributed by atoms with van der Waals surface area (Å²) in [7, 11) is 3.45. The Morgan fingerprint density at radius 3 is 3.05 bits per heavy atom. The minimum atomic E-state index is -0.166. The van der Waals surface area contributed by atoms with Crippen LogP contribution in [0.15, 0.2) is 23.6 Å². The molecule has 114 valence electrons. The number of carbonyl (C=O) groups excluding carboxylic acids is 2. The van der Waals surface area contributed by atoms with Gasteiger partial charge in [-0.25, -0.2) is 4.98 Å². The first-order chi connectivity index (χ1) is 10.5. The number of hydrogen-bond acceptors (Lipinski definition) is 5. The minimum Gasteiger partial charge on any atom is -0.482 e. The molecule has 0 unspecified atom stereocenters. The molecule has 1 aliphatic heterocycles. The van der Waals surface area contributed by atoms with Crippen molar-refractivity contribution in [1.82, 2.24) is 9.88 Å². The lowest BCUT2D eigenvalue weighted by atomic mass is 10.1. The Labute approximate surface area is 131 Å². The van der Waals surface area contributed by atoms with Crippen LogP contribution in [0.1, 0.15) is 5.01 Å². The number of aromatic nitrogens is 1. The molecule has 2 heterocycles. The zero-order valence-corrected chi connectivity index (χ0v) is 13.1. The van der Waals surface area contributed by atoms with Crippen molar-refractivity contribution < 1.29 is 14.3 Å². The van der Waals surface area contributed by atoms with Crippen molar-refractivity contribution in [1.29, 1.82) is 0 Å². The van der Waals surface area contributed by atoms with E-state index >= 15 is 0 Å². The van der Waals surface area contributed by atoms with Crippen LogP contribution in [0.5, 0.6) is 5.75 Å². The van der Waals surface area contributed by atoms with Gasteiger partial charge in [-0.15, -0.1) is 11.3 Å². The van der Waals surface area contributed by atoms with Crippen LogP contribution < -0.4 is 10.1 Å². The molecule has 3 rings (SSSR count). The normalized spacial score (nSPS) is 13.1. The number of hydrogen-bond donors (Lipinski definition) is 1. The van der Waals surface area contributed by atoms with E-state index in [9.17, 15) is 9.59 Å². The molecule has 0 aliphatic carbocycles. The topological polar surface area (TPSA) is 71.5 Å². The molecule has 22 heavy (non-hydrogen) atoms. The molecule has 0 spiro atoms. The molecule has 0 atom stereocenters. The quantitative estimate of drug-likeness (QED) is 0.936. The van der Waals surface area contributed by atoms with Crippen molar-refractivity contribution in [3.05, 3.63) is 28.6 Å². The van der Waals surface area contributed by atoms with Gasteiger partial charge < -0.3 is 15.0 Å². The number of nitrogens with zero attached hydrogens (tertiary/aromatic N) is 2. The first kappa shape index (κ1) is 14.5. The molecule has 7 heteroatoms. The van der Waals surface area contributed by atoms with Gasteiger partial charge in [-0.2, -0.15) is 0 Å². The fourth-order valence-electron chi connectivity index (χ4n) is 2.05. The Bertz CT molecular complexity index is 739. The highest BCUT2D eigenvalue weighted by Gasteiger charge is 2.17. The van der Waals surface area contributed by atoms with Crippen LogP contribution in [0.25, 0.3) is 11.3 Å². The van der Waals surface area contributed by atoms with Gasteiger partial charge >= 0.3 is 0 Å². The van der Waals surface area contributed by atoms with Gasteiger partial charge in [0.25, 0.3) is 5.91 Å². The maximum atomic E-state index is 11.7. The Morgan fingerprint density at radius 2 is 2.27 bits per heavy atom. The van der Waals surface area contributed by atoms with Crippen molar-refractivity contribution >= 4 is 28.8 Å². The van der Waals surface area contributed by atoms with Crippen molar-refractivity contribution in [3.63, 3.8) is 0 Å². The van der Waals surface area contributed by atoms with Crippen LogP contribution in [0, 0.1) is 0 Å². The third kappa shape index (κ3) is 2.94. The van der Waals surface area contributed by atoms with E-state index in [-0.39, 0.29) is 18.4 Å². The molecule has 1 aliphatic rings. The van der Waals surface area contributed by atoms with Gasteiger partial charge in [-0.1, -0.05) is 0 Å². The number of ether oxygens (including phenoxy) is 1.